The number of hydrogen-bond acceptors (Lipinski definition) is 6. The number of non-ortho nitro benzene ring substituents is 1. The fourth-order valence-corrected chi connectivity index (χ4v) is 3.41. The van der Waals surface area contributed by atoms with Crippen molar-refractivity contribution in [3.05, 3.63) is 51.2 Å². The Kier molecular flexibility index (Phi) is 6.84. The smallest absolute Gasteiger partial charge is 0.270 e. The summed E-state index contributed by atoms with van der Waals surface area (Å²) in [5, 5.41) is 14.5. The van der Waals surface area contributed by atoms with Gasteiger partial charge in [-0.1, -0.05) is 11.6 Å². The van der Waals surface area contributed by atoms with E-state index in [1.54, 1.807) is 6.07 Å². The molecular weight excluding hydrogens is 368 g/mol. The van der Waals surface area contributed by atoms with Crippen molar-refractivity contribution in [2.75, 3.05) is 46.3 Å². The molecule has 0 amide bonds. The highest BCUT2D eigenvalue weighted by Gasteiger charge is 2.14. The van der Waals surface area contributed by atoms with Crippen molar-refractivity contribution in [3.8, 4) is 11.3 Å². The number of benzene rings is 1. The van der Waals surface area contributed by atoms with Crippen LogP contribution in [0.5, 0.6) is 0 Å². The maximum absolute atomic E-state index is 10.8. The predicted molar refractivity (Wildman–Crippen MR) is 106 cm³/mol. The summed E-state index contributed by atoms with van der Waals surface area (Å²) in [5.74, 6) is 1.43. The number of nitrogens with zero attached hydrogens (tertiary/aromatic N) is 3. The minimum Gasteiger partial charge on any atom is -0.460 e. The van der Waals surface area contributed by atoms with Crippen LogP contribution in [0.15, 0.2) is 34.7 Å². The van der Waals surface area contributed by atoms with E-state index in [2.05, 4.69) is 22.2 Å². The first-order valence-corrected chi connectivity index (χ1v) is 9.55. The number of hydrogen-bond donors (Lipinski definition) is 1. The highest BCUT2D eigenvalue weighted by Crippen LogP contribution is 2.32. The Hall–Kier alpha value is -1.93. The largest absolute Gasteiger partial charge is 0.460 e. The van der Waals surface area contributed by atoms with E-state index in [1.165, 1.54) is 12.1 Å². The third-order valence-electron chi connectivity index (χ3n) is 4.81. The summed E-state index contributed by atoms with van der Waals surface area (Å²) in [7, 11) is 2.17. The molecule has 146 valence electrons. The number of likely N-dealkylation sites (N-methyl/N-ethyl adjacent to an activating group) is 1. The number of rotatable bonds is 8. The van der Waals surface area contributed by atoms with Crippen LogP contribution >= 0.6 is 11.6 Å². The van der Waals surface area contributed by atoms with Gasteiger partial charge in [-0.2, -0.15) is 0 Å². The van der Waals surface area contributed by atoms with Crippen LogP contribution in [-0.2, 0) is 6.54 Å². The Bertz CT molecular complexity index is 772. The summed E-state index contributed by atoms with van der Waals surface area (Å²) in [4.78, 5) is 15.2. The summed E-state index contributed by atoms with van der Waals surface area (Å²) in [6.45, 7) is 7.28. The van der Waals surface area contributed by atoms with Crippen molar-refractivity contribution in [2.24, 2.45) is 0 Å². The molecule has 27 heavy (non-hydrogen) atoms. The average molecular weight is 393 g/mol. The summed E-state index contributed by atoms with van der Waals surface area (Å²) in [6, 6.07) is 8.14. The zero-order valence-corrected chi connectivity index (χ0v) is 16.2. The molecule has 1 aliphatic heterocycles. The Morgan fingerprint density at radius 1 is 1.22 bits per heavy atom. The van der Waals surface area contributed by atoms with Crippen LogP contribution in [0.2, 0.25) is 5.02 Å². The van der Waals surface area contributed by atoms with E-state index < -0.39 is 4.92 Å². The van der Waals surface area contributed by atoms with Crippen LogP contribution in [0.1, 0.15) is 12.2 Å². The van der Waals surface area contributed by atoms with Crippen molar-refractivity contribution < 1.29 is 9.34 Å². The number of furan rings is 1. The van der Waals surface area contributed by atoms with Crippen LogP contribution in [0.3, 0.4) is 0 Å². The van der Waals surface area contributed by atoms with Crippen molar-refractivity contribution in [2.45, 2.75) is 13.0 Å². The fourth-order valence-electron chi connectivity index (χ4n) is 3.15. The van der Waals surface area contributed by atoms with Crippen molar-refractivity contribution in [1.82, 2.24) is 15.1 Å². The molecule has 2 aromatic rings. The number of piperazine rings is 1. The standard InChI is InChI=1S/C19H25ClN4O3/c1-22-9-11-23(12-10-22)8-2-7-21-14-16-4-6-19(27-16)17-5-3-15(24(25)26)13-18(17)20/h3-6,13,21H,2,7-12,14H2,1H3. The quantitative estimate of drug-likeness (QED) is 0.422. The maximum atomic E-state index is 10.8. The average Bonchev–Trinajstić information content (AvgIpc) is 3.11. The summed E-state index contributed by atoms with van der Waals surface area (Å²) in [5.41, 5.74) is 0.626. The minimum atomic E-state index is -0.463. The van der Waals surface area contributed by atoms with Crippen LogP contribution in [-0.4, -0.2) is 61.0 Å². The van der Waals surface area contributed by atoms with Gasteiger partial charge in [-0.15, -0.1) is 0 Å². The van der Waals surface area contributed by atoms with Gasteiger partial charge in [0.05, 0.1) is 16.5 Å². The number of nitro benzene ring substituents is 1. The van der Waals surface area contributed by atoms with Gasteiger partial charge in [-0.05, 0) is 44.8 Å². The van der Waals surface area contributed by atoms with Crippen LogP contribution < -0.4 is 5.32 Å². The Balaban J connectivity index is 1.44. The molecule has 1 N–H and O–H groups in total. The summed E-state index contributed by atoms with van der Waals surface area (Å²) in [6.07, 6.45) is 1.10. The van der Waals surface area contributed by atoms with Gasteiger partial charge in [-0.25, -0.2) is 0 Å². The monoisotopic (exact) mass is 392 g/mol. The van der Waals surface area contributed by atoms with Gasteiger partial charge in [-0.3, -0.25) is 10.1 Å². The van der Waals surface area contributed by atoms with Crippen molar-refractivity contribution in [1.29, 1.82) is 0 Å². The molecular formula is C19H25ClN4O3. The molecule has 1 aromatic carbocycles. The number of nitro groups is 1. The Labute approximate surface area is 164 Å². The minimum absolute atomic E-state index is 0.0300. The topological polar surface area (TPSA) is 74.8 Å². The molecule has 0 radical (unpaired) electrons. The van der Waals surface area contributed by atoms with Gasteiger partial charge in [0.15, 0.2) is 0 Å². The Morgan fingerprint density at radius 3 is 2.70 bits per heavy atom. The van der Waals surface area contributed by atoms with E-state index in [4.69, 9.17) is 16.0 Å². The van der Waals surface area contributed by atoms with Gasteiger partial charge in [0.2, 0.25) is 0 Å². The molecule has 3 rings (SSSR count). The summed E-state index contributed by atoms with van der Waals surface area (Å²) >= 11 is 6.16. The maximum Gasteiger partial charge on any atom is 0.270 e. The first kappa shape index (κ1) is 19.8. The van der Waals surface area contributed by atoms with Crippen molar-refractivity contribution >= 4 is 17.3 Å². The first-order chi connectivity index (χ1) is 13.0. The molecule has 0 atom stereocenters. The normalized spacial score (nSPS) is 15.9. The zero-order chi connectivity index (χ0) is 19.2. The van der Waals surface area contributed by atoms with E-state index in [0.29, 0.717) is 22.9 Å². The van der Waals surface area contributed by atoms with E-state index in [0.717, 1.165) is 51.4 Å². The van der Waals surface area contributed by atoms with Crippen LogP contribution in [0.4, 0.5) is 5.69 Å². The molecule has 8 heteroatoms. The molecule has 0 unspecified atom stereocenters. The van der Waals surface area contributed by atoms with Gasteiger partial charge >= 0.3 is 0 Å². The molecule has 1 aliphatic rings. The van der Waals surface area contributed by atoms with E-state index in [1.807, 2.05) is 12.1 Å². The summed E-state index contributed by atoms with van der Waals surface area (Å²) < 4.78 is 5.83. The fraction of sp³-hybridized carbons (Fsp3) is 0.474. The molecule has 7 nitrogen and oxygen atoms in total. The SMILES string of the molecule is CN1CCN(CCCNCc2ccc(-c3ccc([N+](=O)[O-])cc3Cl)o2)CC1. The highest BCUT2D eigenvalue weighted by atomic mass is 35.5. The lowest BCUT2D eigenvalue weighted by molar-refractivity contribution is -0.384. The molecule has 1 saturated heterocycles. The number of halogens is 1. The second-order valence-corrected chi connectivity index (χ2v) is 7.27. The molecule has 0 bridgehead atoms. The highest BCUT2D eigenvalue weighted by molar-refractivity contribution is 6.33. The van der Waals surface area contributed by atoms with Gasteiger partial charge in [0.25, 0.3) is 5.69 Å². The first-order valence-electron chi connectivity index (χ1n) is 9.17. The molecule has 1 fully saturated rings. The lowest BCUT2D eigenvalue weighted by Crippen LogP contribution is -2.45. The molecule has 1 aromatic heterocycles. The molecule has 0 spiro atoms. The molecule has 2 heterocycles. The van der Waals surface area contributed by atoms with E-state index in [-0.39, 0.29) is 5.69 Å². The third kappa shape index (κ3) is 5.52. The third-order valence-corrected chi connectivity index (χ3v) is 5.13. The lowest BCUT2D eigenvalue weighted by atomic mass is 10.1. The van der Waals surface area contributed by atoms with E-state index in [9.17, 15) is 10.1 Å². The lowest BCUT2D eigenvalue weighted by Gasteiger charge is -2.32. The second-order valence-electron chi connectivity index (χ2n) is 6.86. The second kappa shape index (κ2) is 9.32. The molecule has 0 saturated carbocycles. The van der Waals surface area contributed by atoms with Crippen LogP contribution in [0.25, 0.3) is 11.3 Å². The van der Waals surface area contributed by atoms with E-state index >= 15 is 0 Å². The Morgan fingerprint density at radius 2 is 2.00 bits per heavy atom. The van der Waals surface area contributed by atoms with Gasteiger partial charge in [0, 0.05) is 43.9 Å². The molecule has 0 aliphatic carbocycles. The number of nitrogens with one attached hydrogen (secondary N) is 1. The van der Waals surface area contributed by atoms with Gasteiger partial charge in [0.1, 0.15) is 11.5 Å². The van der Waals surface area contributed by atoms with Crippen molar-refractivity contribution in [3.63, 3.8) is 0 Å². The predicted octanol–water partition coefficient (Wildman–Crippen LogP) is 3.24. The zero-order valence-electron chi connectivity index (χ0n) is 15.5. The van der Waals surface area contributed by atoms with Crippen LogP contribution in [0, 0.1) is 10.1 Å². The van der Waals surface area contributed by atoms with Gasteiger partial charge < -0.3 is 19.5 Å².